The number of aryl methyl sites for hydroxylation is 2. The summed E-state index contributed by atoms with van der Waals surface area (Å²) in [6, 6.07) is 21.3. The maximum Gasteiger partial charge on any atom is 0.253 e. The monoisotopic (exact) mass is 372 g/mol. The van der Waals surface area contributed by atoms with Crippen molar-refractivity contribution in [3.05, 3.63) is 89.2 Å². The molecule has 2 aromatic carbocycles. The maximum atomic E-state index is 13.1. The van der Waals surface area contributed by atoms with Crippen LogP contribution >= 0.6 is 0 Å². The van der Waals surface area contributed by atoms with Gasteiger partial charge in [0.1, 0.15) is 5.60 Å². The Morgan fingerprint density at radius 2 is 1.68 bits per heavy atom. The third kappa shape index (κ3) is 3.56. The highest BCUT2D eigenvalue weighted by Crippen LogP contribution is 2.33. The molecule has 0 bridgehead atoms. The second-order valence-electron chi connectivity index (χ2n) is 7.59. The highest BCUT2D eigenvalue weighted by atomic mass is 16.3. The highest BCUT2D eigenvalue weighted by molar-refractivity contribution is 5.95. The zero-order chi connectivity index (χ0) is 19.7. The van der Waals surface area contributed by atoms with E-state index in [-0.39, 0.29) is 5.91 Å². The van der Waals surface area contributed by atoms with Crippen molar-refractivity contribution < 1.29 is 9.90 Å². The Balaban J connectivity index is 1.58. The Morgan fingerprint density at radius 3 is 2.39 bits per heavy atom. The number of hydrogen-bond acceptors (Lipinski definition) is 3. The molecule has 1 N–H and O–H groups in total. The first-order valence-corrected chi connectivity index (χ1v) is 9.57. The first-order valence-electron chi connectivity index (χ1n) is 9.57. The molecule has 1 aromatic heterocycles. The molecule has 0 unspecified atom stereocenters. The lowest BCUT2D eigenvalue weighted by molar-refractivity contribution is 0.0417. The van der Waals surface area contributed by atoms with Crippen LogP contribution in [0.4, 0.5) is 0 Å². The summed E-state index contributed by atoms with van der Waals surface area (Å²) in [7, 11) is 0. The number of aliphatic hydroxyl groups is 1. The summed E-state index contributed by atoms with van der Waals surface area (Å²) in [6.45, 7) is 4.80. The molecule has 28 heavy (non-hydrogen) atoms. The number of nitrogens with zero attached hydrogens (tertiary/aromatic N) is 2. The van der Waals surface area contributed by atoms with Crippen LogP contribution < -0.4 is 0 Å². The molecule has 1 atom stereocenters. The van der Waals surface area contributed by atoms with E-state index in [2.05, 4.69) is 4.98 Å². The molecule has 4 heteroatoms. The summed E-state index contributed by atoms with van der Waals surface area (Å²) in [5, 5.41) is 11.0. The number of pyridine rings is 1. The van der Waals surface area contributed by atoms with Gasteiger partial charge in [0.15, 0.2) is 0 Å². The fraction of sp³-hybridized carbons (Fsp3) is 0.250. The van der Waals surface area contributed by atoms with E-state index < -0.39 is 5.60 Å². The van der Waals surface area contributed by atoms with Gasteiger partial charge in [-0.3, -0.25) is 9.78 Å². The van der Waals surface area contributed by atoms with Crippen molar-refractivity contribution in [3.63, 3.8) is 0 Å². The van der Waals surface area contributed by atoms with Gasteiger partial charge in [0, 0.05) is 23.5 Å². The molecule has 0 saturated carbocycles. The van der Waals surface area contributed by atoms with Gasteiger partial charge in [0.05, 0.1) is 6.54 Å². The molecule has 0 aliphatic carbocycles. The van der Waals surface area contributed by atoms with E-state index in [1.165, 1.54) is 0 Å². The van der Waals surface area contributed by atoms with Crippen LogP contribution in [0.5, 0.6) is 0 Å². The zero-order valence-corrected chi connectivity index (χ0v) is 16.2. The van der Waals surface area contributed by atoms with Gasteiger partial charge in [-0.15, -0.1) is 0 Å². The molecular formula is C24H24N2O2. The van der Waals surface area contributed by atoms with Crippen LogP contribution in [-0.2, 0) is 5.60 Å². The molecule has 1 saturated heterocycles. The molecule has 142 valence electrons. The Kier molecular flexibility index (Phi) is 4.73. The third-order valence-electron chi connectivity index (χ3n) is 5.37. The van der Waals surface area contributed by atoms with Gasteiger partial charge in [-0.05, 0) is 61.2 Å². The predicted molar refractivity (Wildman–Crippen MR) is 110 cm³/mol. The van der Waals surface area contributed by atoms with E-state index >= 15 is 0 Å². The minimum absolute atomic E-state index is 0.0452. The molecule has 1 aliphatic heterocycles. The van der Waals surface area contributed by atoms with E-state index in [0.29, 0.717) is 25.1 Å². The van der Waals surface area contributed by atoms with Gasteiger partial charge >= 0.3 is 0 Å². The van der Waals surface area contributed by atoms with Crippen LogP contribution in [0.15, 0.2) is 66.7 Å². The molecular weight excluding hydrogens is 348 g/mol. The molecule has 1 fully saturated rings. The van der Waals surface area contributed by atoms with E-state index in [1.807, 2.05) is 80.6 Å². The molecule has 0 spiro atoms. The first-order chi connectivity index (χ1) is 13.4. The highest BCUT2D eigenvalue weighted by Gasteiger charge is 2.39. The summed E-state index contributed by atoms with van der Waals surface area (Å²) in [6.07, 6.45) is 0.547. The van der Waals surface area contributed by atoms with Gasteiger partial charge in [0.2, 0.25) is 0 Å². The lowest BCUT2D eigenvalue weighted by Gasteiger charge is -2.24. The quantitative estimate of drug-likeness (QED) is 0.753. The zero-order valence-electron chi connectivity index (χ0n) is 16.2. The first kappa shape index (κ1) is 18.4. The number of likely N-dealkylation sites (tertiary alicyclic amines) is 1. The van der Waals surface area contributed by atoms with Gasteiger partial charge in [-0.1, -0.05) is 42.5 Å². The predicted octanol–water partition coefficient (Wildman–Crippen LogP) is 4.10. The maximum absolute atomic E-state index is 13.1. The van der Waals surface area contributed by atoms with E-state index in [0.717, 1.165) is 28.1 Å². The van der Waals surface area contributed by atoms with Crippen molar-refractivity contribution in [2.24, 2.45) is 0 Å². The molecule has 1 aliphatic rings. The van der Waals surface area contributed by atoms with Crippen LogP contribution in [0, 0.1) is 13.8 Å². The Labute approximate surface area is 165 Å². The summed E-state index contributed by atoms with van der Waals surface area (Å²) >= 11 is 0. The van der Waals surface area contributed by atoms with Crippen molar-refractivity contribution in [1.82, 2.24) is 9.88 Å². The molecule has 4 nitrogen and oxygen atoms in total. The summed E-state index contributed by atoms with van der Waals surface area (Å²) < 4.78 is 0. The van der Waals surface area contributed by atoms with Crippen molar-refractivity contribution in [3.8, 4) is 11.1 Å². The standard InChI is InChI=1S/C24H24N2O2/c1-17-13-21(14-18(2)25-17)19-7-6-8-20(15-19)23(27)26-12-11-24(28,16-26)22-9-4-3-5-10-22/h3-10,13-15,28H,11-12,16H2,1-2H3/t24-/m0/s1. The van der Waals surface area contributed by atoms with Crippen molar-refractivity contribution in [2.45, 2.75) is 25.9 Å². The van der Waals surface area contributed by atoms with Crippen LogP contribution in [0.3, 0.4) is 0 Å². The van der Waals surface area contributed by atoms with Gasteiger partial charge in [-0.2, -0.15) is 0 Å². The minimum atomic E-state index is -0.978. The van der Waals surface area contributed by atoms with Crippen molar-refractivity contribution >= 4 is 5.91 Å². The summed E-state index contributed by atoms with van der Waals surface area (Å²) in [4.78, 5) is 19.3. The van der Waals surface area contributed by atoms with Crippen LogP contribution in [0.25, 0.3) is 11.1 Å². The summed E-state index contributed by atoms with van der Waals surface area (Å²) in [5.41, 5.74) is 4.49. The molecule has 0 radical (unpaired) electrons. The lowest BCUT2D eigenvalue weighted by atomic mass is 9.93. The van der Waals surface area contributed by atoms with Gasteiger partial charge in [0.25, 0.3) is 5.91 Å². The average molecular weight is 372 g/mol. The third-order valence-corrected chi connectivity index (χ3v) is 5.37. The van der Waals surface area contributed by atoms with Crippen LogP contribution in [0.1, 0.15) is 33.7 Å². The van der Waals surface area contributed by atoms with E-state index in [4.69, 9.17) is 0 Å². The SMILES string of the molecule is Cc1cc(-c2cccc(C(=O)N3CC[C@@](O)(c4ccccc4)C3)c2)cc(C)n1. The number of carbonyl (C=O) groups excluding carboxylic acids is 1. The van der Waals surface area contributed by atoms with Crippen molar-refractivity contribution in [2.75, 3.05) is 13.1 Å². The fourth-order valence-electron chi connectivity index (χ4n) is 3.97. The number of carbonyl (C=O) groups is 1. The Hall–Kier alpha value is -2.98. The number of aromatic nitrogens is 1. The summed E-state index contributed by atoms with van der Waals surface area (Å²) in [5.74, 6) is -0.0452. The fourth-order valence-corrected chi connectivity index (χ4v) is 3.97. The number of amides is 1. The molecule has 3 aromatic rings. The normalized spacial score (nSPS) is 19.0. The minimum Gasteiger partial charge on any atom is -0.383 e. The average Bonchev–Trinajstić information content (AvgIpc) is 3.11. The number of hydrogen-bond donors (Lipinski definition) is 1. The topological polar surface area (TPSA) is 53.4 Å². The van der Waals surface area contributed by atoms with Gasteiger partial charge < -0.3 is 10.0 Å². The Morgan fingerprint density at radius 1 is 0.964 bits per heavy atom. The largest absolute Gasteiger partial charge is 0.383 e. The second kappa shape index (κ2) is 7.21. The number of β-amino-alcohol motifs (C(OH)–C–C–N with tert-alkyl or cyclic N) is 1. The van der Waals surface area contributed by atoms with Gasteiger partial charge in [-0.25, -0.2) is 0 Å². The molecule has 1 amide bonds. The number of rotatable bonds is 3. The van der Waals surface area contributed by atoms with E-state index in [9.17, 15) is 9.90 Å². The van der Waals surface area contributed by atoms with Crippen molar-refractivity contribution in [1.29, 1.82) is 0 Å². The smallest absolute Gasteiger partial charge is 0.253 e. The molecule has 4 rings (SSSR count). The molecule has 2 heterocycles. The lowest BCUT2D eigenvalue weighted by Crippen LogP contribution is -2.34. The second-order valence-corrected chi connectivity index (χ2v) is 7.59. The van der Waals surface area contributed by atoms with E-state index in [1.54, 1.807) is 4.90 Å². The Bertz CT molecular complexity index is 996. The van der Waals surface area contributed by atoms with Crippen LogP contribution in [-0.4, -0.2) is 34.0 Å². The number of benzene rings is 2. The van der Waals surface area contributed by atoms with Crippen LogP contribution in [0.2, 0.25) is 0 Å².